The molecule has 2 heterocycles. The Morgan fingerprint density at radius 2 is 1.91 bits per heavy atom. The molecule has 0 bridgehead atoms. The van der Waals surface area contributed by atoms with E-state index in [-0.39, 0.29) is 24.1 Å². The smallest absolute Gasteiger partial charge is 0.253 e. The molecule has 2 aromatic heterocycles. The predicted octanol–water partition coefficient (Wildman–Crippen LogP) is 2.95. The number of tetrazole rings is 1. The molecular formula is C23H22N6O4S. The van der Waals surface area contributed by atoms with Crippen LogP contribution in [0.1, 0.15) is 16.1 Å². The molecule has 10 nitrogen and oxygen atoms in total. The van der Waals surface area contributed by atoms with Crippen LogP contribution in [0.25, 0.3) is 5.69 Å². The number of thioether (sulfide) groups is 1. The average Bonchev–Trinajstić information content (AvgIpc) is 3.57. The molecule has 0 aliphatic carbocycles. The number of aromatic nitrogens is 4. The fraction of sp³-hybridized carbons (Fsp3) is 0.174. The number of carbonyl (C=O) groups excluding carboxylic acids is 2. The van der Waals surface area contributed by atoms with Crippen LogP contribution in [0.2, 0.25) is 0 Å². The Labute approximate surface area is 199 Å². The van der Waals surface area contributed by atoms with Crippen LogP contribution in [-0.4, -0.2) is 51.9 Å². The third kappa shape index (κ3) is 5.09. The van der Waals surface area contributed by atoms with Gasteiger partial charge in [-0.1, -0.05) is 36.0 Å². The summed E-state index contributed by atoms with van der Waals surface area (Å²) in [5.74, 6) is 0.785. The zero-order valence-corrected chi connectivity index (χ0v) is 19.4. The maximum absolute atomic E-state index is 13.0. The largest absolute Gasteiger partial charge is 0.494 e. The number of amides is 2. The minimum Gasteiger partial charge on any atom is -0.494 e. The van der Waals surface area contributed by atoms with Gasteiger partial charge in [-0.3, -0.25) is 9.59 Å². The lowest BCUT2D eigenvalue weighted by atomic mass is 10.1. The Bertz CT molecular complexity index is 1270. The molecule has 0 aliphatic heterocycles. The summed E-state index contributed by atoms with van der Waals surface area (Å²) in [6, 6.07) is 17.8. The Morgan fingerprint density at radius 1 is 1.12 bits per heavy atom. The van der Waals surface area contributed by atoms with Gasteiger partial charge in [0.25, 0.3) is 5.91 Å². The van der Waals surface area contributed by atoms with Crippen molar-refractivity contribution in [3.8, 4) is 11.4 Å². The minimum atomic E-state index is -0.306. The van der Waals surface area contributed by atoms with E-state index in [1.54, 1.807) is 62.9 Å². The van der Waals surface area contributed by atoms with Crippen molar-refractivity contribution in [2.24, 2.45) is 0 Å². The van der Waals surface area contributed by atoms with Crippen LogP contribution in [0.5, 0.6) is 5.75 Å². The molecule has 0 radical (unpaired) electrons. The van der Waals surface area contributed by atoms with E-state index in [1.807, 2.05) is 18.2 Å². The summed E-state index contributed by atoms with van der Waals surface area (Å²) >= 11 is 1.19. The molecule has 1 N–H and O–H groups in total. The second-order valence-corrected chi connectivity index (χ2v) is 8.01. The Hall–Kier alpha value is -4.12. The van der Waals surface area contributed by atoms with E-state index < -0.39 is 0 Å². The Kier molecular flexibility index (Phi) is 7.23. The van der Waals surface area contributed by atoms with Crippen LogP contribution < -0.4 is 15.0 Å². The van der Waals surface area contributed by atoms with E-state index in [9.17, 15) is 9.59 Å². The molecule has 2 aromatic carbocycles. The van der Waals surface area contributed by atoms with Gasteiger partial charge in [0.05, 0.1) is 36.9 Å². The predicted molar refractivity (Wildman–Crippen MR) is 126 cm³/mol. The first-order valence-electron chi connectivity index (χ1n) is 10.3. The molecule has 0 saturated carbocycles. The summed E-state index contributed by atoms with van der Waals surface area (Å²) in [5.41, 5.74) is 1.54. The zero-order valence-electron chi connectivity index (χ0n) is 18.5. The topological polar surface area (TPSA) is 115 Å². The number of carbonyl (C=O) groups is 2. The van der Waals surface area contributed by atoms with E-state index in [2.05, 4.69) is 20.8 Å². The number of hydrogen-bond donors (Lipinski definition) is 1. The van der Waals surface area contributed by atoms with Crippen LogP contribution in [0.3, 0.4) is 0 Å². The zero-order chi connectivity index (χ0) is 23.9. The number of rotatable bonds is 9. The normalized spacial score (nSPS) is 10.6. The molecule has 2 amide bonds. The number of ether oxygens (including phenoxy) is 1. The van der Waals surface area contributed by atoms with Gasteiger partial charge in [-0.15, -0.1) is 5.10 Å². The highest BCUT2D eigenvalue weighted by molar-refractivity contribution is 7.99. The number of benzene rings is 2. The fourth-order valence-electron chi connectivity index (χ4n) is 3.22. The van der Waals surface area contributed by atoms with Gasteiger partial charge in [0, 0.05) is 7.05 Å². The summed E-state index contributed by atoms with van der Waals surface area (Å²) in [5, 5.41) is 15.0. The van der Waals surface area contributed by atoms with Crippen molar-refractivity contribution in [2.45, 2.75) is 11.7 Å². The van der Waals surface area contributed by atoms with E-state index in [0.717, 1.165) is 0 Å². The van der Waals surface area contributed by atoms with Crippen molar-refractivity contribution in [1.82, 2.24) is 25.5 Å². The van der Waals surface area contributed by atoms with Crippen molar-refractivity contribution in [3.63, 3.8) is 0 Å². The first-order valence-corrected chi connectivity index (χ1v) is 11.3. The third-order valence-corrected chi connectivity index (χ3v) is 5.87. The molecule has 0 aliphatic rings. The van der Waals surface area contributed by atoms with Crippen molar-refractivity contribution in [3.05, 3.63) is 78.3 Å². The Morgan fingerprint density at radius 3 is 2.71 bits per heavy atom. The maximum Gasteiger partial charge on any atom is 0.253 e. The van der Waals surface area contributed by atoms with E-state index in [1.165, 1.54) is 21.3 Å². The van der Waals surface area contributed by atoms with Gasteiger partial charge in [-0.05, 0) is 46.8 Å². The van der Waals surface area contributed by atoms with Gasteiger partial charge >= 0.3 is 0 Å². The second kappa shape index (κ2) is 10.7. The number of nitrogens with one attached hydrogen (secondary N) is 1. The van der Waals surface area contributed by atoms with E-state index in [0.29, 0.717) is 33.6 Å². The molecule has 34 heavy (non-hydrogen) atoms. The molecule has 174 valence electrons. The summed E-state index contributed by atoms with van der Waals surface area (Å²) in [4.78, 5) is 27.2. The third-order valence-electron chi connectivity index (χ3n) is 4.97. The molecule has 0 saturated heterocycles. The monoisotopic (exact) mass is 478 g/mol. The van der Waals surface area contributed by atoms with Crippen molar-refractivity contribution in [1.29, 1.82) is 0 Å². The van der Waals surface area contributed by atoms with Crippen LogP contribution in [0.4, 0.5) is 5.69 Å². The average molecular weight is 479 g/mol. The number of para-hydroxylation sites is 3. The van der Waals surface area contributed by atoms with E-state index in [4.69, 9.17) is 9.15 Å². The van der Waals surface area contributed by atoms with Gasteiger partial charge in [-0.25, -0.2) is 0 Å². The quantitative estimate of drug-likeness (QED) is 0.365. The number of nitrogens with zero attached hydrogens (tertiary/aromatic N) is 5. The van der Waals surface area contributed by atoms with Crippen LogP contribution in [0, 0.1) is 0 Å². The minimum absolute atomic E-state index is 0.0639. The molecule has 0 fully saturated rings. The molecule has 0 atom stereocenters. The van der Waals surface area contributed by atoms with Crippen molar-refractivity contribution >= 4 is 29.3 Å². The molecule has 0 unspecified atom stereocenters. The number of hydrogen-bond acceptors (Lipinski definition) is 8. The van der Waals surface area contributed by atoms with Crippen LogP contribution in [0.15, 0.2) is 76.5 Å². The lowest BCUT2D eigenvalue weighted by molar-refractivity contribution is -0.115. The molecular weight excluding hydrogens is 456 g/mol. The maximum atomic E-state index is 13.0. The van der Waals surface area contributed by atoms with Crippen LogP contribution >= 0.6 is 11.8 Å². The van der Waals surface area contributed by atoms with Crippen LogP contribution in [-0.2, 0) is 11.3 Å². The highest BCUT2D eigenvalue weighted by Gasteiger charge is 2.20. The highest BCUT2D eigenvalue weighted by Crippen LogP contribution is 2.26. The van der Waals surface area contributed by atoms with Crippen molar-refractivity contribution in [2.75, 3.05) is 24.8 Å². The van der Waals surface area contributed by atoms with Gasteiger partial charge in [0.2, 0.25) is 11.1 Å². The first-order chi connectivity index (χ1) is 16.6. The molecule has 4 aromatic rings. The molecule has 4 rings (SSSR count). The standard InChI is InChI=1S/C23H22N6O4S/c1-28(18-10-4-3-9-17(18)22(31)24-14-16-8-7-13-33-16)21(30)15-34-23-25-26-27-29(23)19-11-5-6-12-20(19)32-2/h3-13H,14-15H2,1-2H3,(H,24,31). The lowest BCUT2D eigenvalue weighted by Gasteiger charge is -2.20. The number of methoxy groups -OCH3 is 1. The molecule has 11 heteroatoms. The SMILES string of the molecule is COc1ccccc1-n1nnnc1SCC(=O)N(C)c1ccccc1C(=O)NCc1ccco1. The lowest BCUT2D eigenvalue weighted by Crippen LogP contribution is -2.31. The highest BCUT2D eigenvalue weighted by atomic mass is 32.2. The van der Waals surface area contributed by atoms with Gasteiger partial charge < -0.3 is 19.4 Å². The summed E-state index contributed by atoms with van der Waals surface area (Å²) in [6.07, 6.45) is 1.55. The first kappa shape index (κ1) is 23.1. The van der Waals surface area contributed by atoms with Gasteiger partial charge in [-0.2, -0.15) is 4.68 Å². The summed E-state index contributed by atoms with van der Waals surface area (Å²) < 4.78 is 12.2. The Balaban J connectivity index is 1.44. The second-order valence-electron chi connectivity index (χ2n) is 7.07. The molecule has 0 spiro atoms. The van der Waals surface area contributed by atoms with Crippen molar-refractivity contribution < 1.29 is 18.7 Å². The fourth-order valence-corrected chi connectivity index (χ4v) is 4.01. The van der Waals surface area contributed by atoms with Gasteiger partial charge in [0.1, 0.15) is 17.2 Å². The summed E-state index contributed by atoms with van der Waals surface area (Å²) in [7, 11) is 3.20. The van der Waals surface area contributed by atoms with Gasteiger partial charge in [0.15, 0.2) is 0 Å². The number of furan rings is 1. The number of anilines is 1. The summed E-state index contributed by atoms with van der Waals surface area (Å²) in [6.45, 7) is 0.249. The van der Waals surface area contributed by atoms with E-state index >= 15 is 0 Å².